The Morgan fingerprint density at radius 2 is 1.75 bits per heavy atom. The molecule has 0 saturated carbocycles. The molecule has 1 atom stereocenters. The van der Waals surface area contributed by atoms with Gasteiger partial charge in [-0.2, -0.15) is 13.7 Å². The van der Waals surface area contributed by atoms with Crippen LogP contribution in [0.15, 0.2) is 48.5 Å². The van der Waals surface area contributed by atoms with Gasteiger partial charge in [0.25, 0.3) is 11.6 Å². The molecule has 148 valence electrons. The van der Waals surface area contributed by atoms with E-state index >= 15 is 0 Å². The topological polar surface area (TPSA) is 35.7 Å². The number of hydrogen-bond donors (Lipinski definition) is 1. The summed E-state index contributed by atoms with van der Waals surface area (Å²) in [7, 11) is 0. The third-order valence-corrected chi connectivity index (χ3v) is 5.57. The van der Waals surface area contributed by atoms with Crippen molar-refractivity contribution in [1.82, 2.24) is 0 Å². The van der Waals surface area contributed by atoms with E-state index in [1.54, 1.807) is 12.1 Å². The predicted molar refractivity (Wildman–Crippen MR) is 104 cm³/mol. The fraction of sp³-hybridized carbons (Fsp3) is 0.409. The zero-order valence-electron chi connectivity index (χ0n) is 15.9. The maximum absolute atomic E-state index is 12.5. The number of nitrogens with zero attached hydrogens (tertiary/aromatic N) is 2. The highest BCUT2D eigenvalue weighted by molar-refractivity contribution is 5.97. The van der Waals surface area contributed by atoms with Crippen molar-refractivity contribution >= 4 is 11.5 Å². The first-order valence-corrected chi connectivity index (χ1v) is 9.73. The van der Waals surface area contributed by atoms with Gasteiger partial charge in [-0.3, -0.25) is 4.58 Å². The molecular formula is C22H25F2N2O2+. The quantitative estimate of drug-likeness (QED) is 0.797. The summed E-state index contributed by atoms with van der Waals surface area (Å²) < 4.78 is 31.6. The number of aryl methyl sites for hydroxylation is 1. The first-order valence-electron chi connectivity index (χ1n) is 9.73. The molecule has 0 unspecified atom stereocenters. The highest BCUT2D eigenvalue weighted by Gasteiger charge is 2.54. The molecule has 2 aromatic rings. The smallest absolute Gasteiger partial charge is 0.387 e. The Hall–Kier alpha value is -2.47. The fourth-order valence-corrected chi connectivity index (χ4v) is 4.20. The van der Waals surface area contributed by atoms with E-state index in [1.165, 1.54) is 18.6 Å². The van der Waals surface area contributed by atoms with Gasteiger partial charge in [0.05, 0.1) is 6.54 Å². The van der Waals surface area contributed by atoms with Crippen molar-refractivity contribution in [1.29, 1.82) is 0 Å². The van der Waals surface area contributed by atoms with Crippen LogP contribution in [0.25, 0.3) is 0 Å². The van der Waals surface area contributed by atoms with Crippen molar-refractivity contribution in [2.45, 2.75) is 44.9 Å². The van der Waals surface area contributed by atoms with Crippen molar-refractivity contribution in [2.24, 2.45) is 0 Å². The van der Waals surface area contributed by atoms with Crippen LogP contribution in [-0.4, -0.2) is 35.2 Å². The minimum Gasteiger partial charge on any atom is -0.435 e. The average Bonchev–Trinajstić information content (AvgIpc) is 2.79. The lowest BCUT2D eigenvalue weighted by molar-refractivity contribution is -0.534. The van der Waals surface area contributed by atoms with Gasteiger partial charge >= 0.3 is 6.61 Å². The third-order valence-electron chi connectivity index (χ3n) is 5.57. The summed E-state index contributed by atoms with van der Waals surface area (Å²) in [4.78, 5) is 2.01. The SMILES string of the molecule is Cc1ccc(N2C3=[N+](CCCCC3)C[C@]2(O)c2ccc(OC(F)F)cc2)cc1. The van der Waals surface area contributed by atoms with Gasteiger partial charge in [0.15, 0.2) is 6.54 Å². The molecule has 0 fully saturated rings. The molecule has 2 aliphatic heterocycles. The summed E-state index contributed by atoms with van der Waals surface area (Å²) in [5.41, 5.74) is 1.49. The van der Waals surface area contributed by atoms with Crippen LogP contribution < -0.4 is 9.64 Å². The van der Waals surface area contributed by atoms with Crippen LogP contribution in [-0.2, 0) is 5.72 Å². The van der Waals surface area contributed by atoms with E-state index in [1.807, 2.05) is 36.1 Å². The minimum absolute atomic E-state index is 0.0874. The number of rotatable bonds is 4. The number of aliphatic hydroxyl groups is 1. The number of amidine groups is 1. The number of benzene rings is 2. The molecule has 2 aliphatic rings. The summed E-state index contributed by atoms with van der Waals surface area (Å²) in [5, 5.41) is 11.8. The van der Waals surface area contributed by atoms with Crippen molar-refractivity contribution in [2.75, 3.05) is 18.0 Å². The standard InChI is InChI=1S/C22H25F2N2O2/c1-16-6-10-18(11-7-16)26-20-5-3-2-4-14-25(20)15-22(26,27)17-8-12-19(13-9-17)28-21(23)24/h6-13,21,27H,2-5,14-15H2,1H3/q+1/t22-/m0/s1. The molecule has 2 heterocycles. The fourth-order valence-electron chi connectivity index (χ4n) is 4.20. The molecule has 6 heteroatoms. The Labute approximate surface area is 163 Å². The second-order valence-corrected chi connectivity index (χ2v) is 7.54. The second-order valence-electron chi connectivity index (χ2n) is 7.54. The van der Waals surface area contributed by atoms with E-state index in [0.717, 1.165) is 42.9 Å². The van der Waals surface area contributed by atoms with Crippen LogP contribution in [0.1, 0.15) is 36.8 Å². The van der Waals surface area contributed by atoms with Gasteiger partial charge < -0.3 is 9.84 Å². The van der Waals surface area contributed by atoms with Gasteiger partial charge in [0.1, 0.15) is 11.4 Å². The molecule has 28 heavy (non-hydrogen) atoms. The number of hydrogen-bond acceptors (Lipinski definition) is 3. The Bertz CT molecular complexity index is 865. The molecule has 0 aromatic heterocycles. The van der Waals surface area contributed by atoms with E-state index in [2.05, 4.69) is 9.31 Å². The molecule has 1 N–H and O–H groups in total. The molecule has 4 rings (SSSR count). The van der Waals surface area contributed by atoms with E-state index in [9.17, 15) is 13.9 Å². The van der Waals surface area contributed by atoms with Gasteiger partial charge in [-0.1, -0.05) is 17.7 Å². The average molecular weight is 387 g/mol. The predicted octanol–water partition coefficient (Wildman–Crippen LogP) is 4.25. The first-order chi connectivity index (χ1) is 13.5. The van der Waals surface area contributed by atoms with E-state index in [0.29, 0.717) is 12.1 Å². The third kappa shape index (κ3) is 3.49. The molecular weight excluding hydrogens is 362 g/mol. The zero-order valence-corrected chi connectivity index (χ0v) is 15.9. The molecule has 0 radical (unpaired) electrons. The number of anilines is 1. The van der Waals surface area contributed by atoms with E-state index < -0.39 is 12.3 Å². The van der Waals surface area contributed by atoms with Crippen molar-refractivity contribution in [3.05, 3.63) is 59.7 Å². The van der Waals surface area contributed by atoms with Crippen LogP contribution >= 0.6 is 0 Å². The van der Waals surface area contributed by atoms with Crippen LogP contribution in [0.5, 0.6) is 5.75 Å². The summed E-state index contributed by atoms with van der Waals surface area (Å²) in [6.07, 6.45) is 4.27. The summed E-state index contributed by atoms with van der Waals surface area (Å²) in [6.45, 7) is 0.530. The second kappa shape index (κ2) is 7.51. The molecule has 0 aliphatic carbocycles. The molecule has 0 saturated heterocycles. The molecule has 4 nitrogen and oxygen atoms in total. The highest BCUT2D eigenvalue weighted by Crippen LogP contribution is 2.38. The van der Waals surface area contributed by atoms with Crippen LogP contribution in [0, 0.1) is 6.92 Å². The maximum Gasteiger partial charge on any atom is 0.387 e. The lowest BCUT2D eigenvalue weighted by atomic mass is 9.99. The monoisotopic (exact) mass is 387 g/mol. The molecule has 0 spiro atoms. The summed E-state index contributed by atoms with van der Waals surface area (Å²) >= 11 is 0. The molecule has 2 aromatic carbocycles. The lowest BCUT2D eigenvalue weighted by Crippen LogP contribution is -2.47. The van der Waals surface area contributed by atoms with Gasteiger partial charge in [0, 0.05) is 12.0 Å². The number of halogens is 2. The van der Waals surface area contributed by atoms with E-state index in [4.69, 9.17) is 0 Å². The largest absolute Gasteiger partial charge is 0.435 e. The molecule has 0 amide bonds. The van der Waals surface area contributed by atoms with Gasteiger partial charge in [-0.25, -0.2) is 0 Å². The first kappa shape index (κ1) is 18.9. The Balaban J connectivity index is 1.74. The normalized spacial score (nSPS) is 22.4. The minimum atomic E-state index is -2.86. The van der Waals surface area contributed by atoms with E-state index in [-0.39, 0.29) is 5.75 Å². The van der Waals surface area contributed by atoms with Crippen LogP contribution in [0.3, 0.4) is 0 Å². The summed E-state index contributed by atoms with van der Waals surface area (Å²) in [5.74, 6) is 1.21. The van der Waals surface area contributed by atoms with Gasteiger partial charge in [0.2, 0.25) is 0 Å². The van der Waals surface area contributed by atoms with Crippen molar-refractivity contribution in [3.63, 3.8) is 0 Å². The lowest BCUT2D eigenvalue weighted by Gasteiger charge is -2.29. The number of ether oxygens (including phenoxy) is 1. The Morgan fingerprint density at radius 1 is 1.04 bits per heavy atom. The Kier molecular flexibility index (Phi) is 5.06. The van der Waals surface area contributed by atoms with Gasteiger partial charge in [-0.05, 0) is 62.6 Å². The zero-order chi connectivity index (χ0) is 19.7. The van der Waals surface area contributed by atoms with Crippen molar-refractivity contribution in [3.8, 4) is 5.75 Å². The highest BCUT2D eigenvalue weighted by atomic mass is 19.3. The van der Waals surface area contributed by atoms with Gasteiger partial charge in [-0.15, -0.1) is 0 Å². The maximum atomic E-state index is 12.5. The van der Waals surface area contributed by atoms with Crippen LogP contribution in [0.4, 0.5) is 14.5 Å². The number of alkyl halides is 2. The van der Waals surface area contributed by atoms with Crippen molar-refractivity contribution < 1.29 is 23.2 Å². The van der Waals surface area contributed by atoms with Crippen LogP contribution in [0.2, 0.25) is 0 Å². The molecule has 0 bridgehead atoms. The Morgan fingerprint density at radius 3 is 2.43 bits per heavy atom. The summed E-state index contributed by atoms with van der Waals surface area (Å²) in [6, 6.07) is 14.4.